The Hall–Kier alpha value is -1.40. The molecule has 1 aliphatic heterocycles. The normalized spacial score (nSPS) is 19.0. The number of piperidine rings is 1. The second-order valence-corrected chi connectivity index (χ2v) is 7.05. The van der Waals surface area contributed by atoms with Crippen LogP contribution in [0.1, 0.15) is 28.6 Å². The van der Waals surface area contributed by atoms with Gasteiger partial charge in [0.05, 0.1) is 16.2 Å². The van der Waals surface area contributed by atoms with Gasteiger partial charge in [0.2, 0.25) is 5.91 Å². The zero-order valence-electron chi connectivity index (χ0n) is 11.8. The number of likely N-dealkylation sites (tertiary alicyclic amines) is 1. The van der Waals surface area contributed by atoms with Gasteiger partial charge in [-0.2, -0.15) is 5.10 Å². The summed E-state index contributed by atoms with van der Waals surface area (Å²) in [4.78, 5) is 20.0. The summed E-state index contributed by atoms with van der Waals surface area (Å²) in [7, 11) is 0. The molecule has 0 unspecified atom stereocenters. The number of rotatable bonds is 3. The monoisotopic (exact) mass is 324 g/mol. The minimum atomic E-state index is 0.0905. The van der Waals surface area contributed by atoms with Crippen molar-refractivity contribution in [3.8, 4) is 0 Å². The van der Waals surface area contributed by atoms with Crippen molar-refractivity contribution < 1.29 is 4.79 Å². The van der Waals surface area contributed by atoms with Gasteiger partial charge in [0.15, 0.2) is 0 Å². The van der Waals surface area contributed by atoms with Crippen molar-refractivity contribution in [1.29, 1.82) is 0 Å². The number of carbonyl (C=O) groups excluding carboxylic acids is 1. The topological polar surface area (TPSA) is 51.0 Å². The summed E-state index contributed by atoms with van der Waals surface area (Å²) >= 11 is 7.55. The summed E-state index contributed by atoms with van der Waals surface area (Å²) in [5, 5.41) is 5.76. The maximum absolute atomic E-state index is 12.4. The van der Waals surface area contributed by atoms with Crippen molar-refractivity contribution in [2.45, 2.75) is 32.2 Å². The predicted octanol–water partition coefficient (Wildman–Crippen LogP) is 2.71. The van der Waals surface area contributed by atoms with Crippen molar-refractivity contribution in [1.82, 2.24) is 19.7 Å². The third-order valence-corrected chi connectivity index (χ3v) is 4.93. The Bertz CT molecular complexity index is 638. The van der Waals surface area contributed by atoms with Crippen LogP contribution in [-0.4, -0.2) is 38.7 Å². The second-order valence-electron chi connectivity index (χ2n) is 5.34. The van der Waals surface area contributed by atoms with E-state index in [4.69, 9.17) is 11.6 Å². The lowest BCUT2D eigenvalue weighted by Crippen LogP contribution is -2.40. The average Bonchev–Trinajstić information content (AvgIpc) is 3.08. The van der Waals surface area contributed by atoms with Gasteiger partial charge in [0.25, 0.3) is 0 Å². The van der Waals surface area contributed by atoms with Crippen molar-refractivity contribution >= 4 is 28.8 Å². The highest BCUT2D eigenvalue weighted by molar-refractivity contribution is 7.11. The van der Waals surface area contributed by atoms with E-state index in [1.807, 2.05) is 11.1 Å². The minimum Gasteiger partial charge on any atom is -0.340 e. The van der Waals surface area contributed by atoms with E-state index in [-0.39, 0.29) is 12.5 Å². The standard InChI is InChI=1S/C14H17ClN4OS/c1-10-5-16-14(21-10)11-3-2-4-18(7-11)13(20)9-19-8-12(15)6-17-19/h5-6,8,11H,2-4,7,9H2,1H3/t11-/m0/s1. The summed E-state index contributed by atoms with van der Waals surface area (Å²) < 4.78 is 1.59. The highest BCUT2D eigenvalue weighted by Crippen LogP contribution is 2.29. The molecule has 1 atom stereocenters. The molecule has 0 radical (unpaired) electrons. The molecule has 0 N–H and O–H groups in total. The van der Waals surface area contributed by atoms with Gasteiger partial charge in [-0.15, -0.1) is 11.3 Å². The van der Waals surface area contributed by atoms with Crippen molar-refractivity contribution in [3.05, 3.63) is 33.5 Å². The van der Waals surface area contributed by atoms with Gasteiger partial charge in [-0.3, -0.25) is 9.48 Å². The van der Waals surface area contributed by atoms with Crippen LogP contribution in [0.3, 0.4) is 0 Å². The summed E-state index contributed by atoms with van der Waals surface area (Å²) in [5.41, 5.74) is 0. The molecule has 0 saturated carbocycles. The van der Waals surface area contributed by atoms with Gasteiger partial charge in [0, 0.05) is 36.3 Å². The molecule has 5 nitrogen and oxygen atoms in total. The van der Waals surface area contributed by atoms with E-state index < -0.39 is 0 Å². The Kier molecular flexibility index (Phi) is 4.26. The number of hydrogen-bond acceptors (Lipinski definition) is 4. The van der Waals surface area contributed by atoms with E-state index in [1.165, 1.54) is 4.88 Å². The fraction of sp³-hybridized carbons (Fsp3) is 0.500. The Balaban J connectivity index is 1.64. The lowest BCUT2D eigenvalue weighted by molar-refractivity contribution is -0.133. The number of aryl methyl sites for hydroxylation is 1. The van der Waals surface area contributed by atoms with E-state index in [1.54, 1.807) is 28.4 Å². The van der Waals surface area contributed by atoms with Crippen molar-refractivity contribution in [2.75, 3.05) is 13.1 Å². The van der Waals surface area contributed by atoms with Crippen LogP contribution in [0.5, 0.6) is 0 Å². The van der Waals surface area contributed by atoms with Crippen LogP contribution < -0.4 is 0 Å². The molecule has 1 fully saturated rings. The van der Waals surface area contributed by atoms with Crippen LogP contribution in [0, 0.1) is 6.92 Å². The molecule has 0 aliphatic carbocycles. The number of hydrogen-bond donors (Lipinski definition) is 0. The first-order valence-electron chi connectivity index (χ1n) is 7.00. The molecule has 21 heavy (non-hydrogen) atoms. The van der Waals surface area contributed by atoms with Gasteiger partial charge < -0.3 is 4.90 Å². The van der Waals surface area contributed by atoms with E-state index in [2.05, 4.69) is 17.0 Å². The molecular weight excluding hydrogens is 308 g/mol. The summed E-state index contributed by atoms with van der Waals surface area (Å²) in [5.74, 6) is 0.454. The van der Waals surface area contributed by atoms with Crippen LogP contribution in [-0.2, 0) is 11.3 Å². The molecule has 0 spiro atoms. The first-order valence-corrected chi connectivity index (χ1v) is 8.19. The smallest absolute Gasteiger partial charge is 0.244 e. The molecule has 1 saturated heterocycles. The first kappa shape index (κ1) is 14.5. The van der Waals surface area contributed by atoms with Gasteiger partial charge in [0.1, 0.15) is 6.54 Å². The van der Waals surface area contributed by atoms with Gasteiger partial charge in [-0.1, -0.05) is 11.6 Å². The van der Waals surface area contributed by atoms with Crippen LogP contribution in [0.2, 0.25) is 5.02 Å². The maximum atomic E-state index is 12.4. The zero-order chi connectivity index (χ0) is 14.8. The van der Waals surface area contributed by atoms with Gasteiger partial charge in [-0.25, -0.2) is 4.98 Å². The molecule has 1 aliphatic rings. The third kappa shape index (κ3) is 3.44. The Morgan fingerprint density at radius 3 is 3.05 bits per heavy atom. The Morgan fingerprint density at radius 1 is 1.52 bits per heavy atom. The lowest BCUT2D eigenvalue weighted by Gasteiger charge is -2.31. The number of halogens is 1. The largest absolute Gasteiger partial charge is 0.340 e. The number of thiazole rings is 1. The SMILES string of the molecule is Cc1cnc([C@H]2CCCN(C(=O)Cn3cc(Cl)cn3)C2)s1. The fourth-order valence-corrected chi connectivity index (χ4v) is 3.69. The van der Waals surface area contributed by atoms with E-state index in [9.17, 15) is 4.79 Å². The molecule has 1 amide bonds. The number of aromatic nitrogens is 3. The minimum absolute atomic E-state index is 0.0905. The highest BCUT2D eigenvalue weighted by atomic mass is 35.5. The molecule has 0 aromatic carbocycles. The summed E-state index contributed by atoms with van der Waals surface area (Å²) in [6.07, 6.45) is 7.25. The van der Waals surface area contributed by atoms with E-state index >= 15 is 0 Å². The quantitative estimate of drug-likeness (QED) is 0.872. The van der Waals surface area contributed by atoms with Crippen molar-refractivity contribution in [3.63, 3.8) is 0 Å². The predicted molar refractivity (Wildman–Crippen MR) is 82.6 cm³/mol. The summed E-state index contributed by atoms with van der Waals surface area (Å²) in [6, 6.07) is 0. The van der Waals surface area contributed by atoms with Crippen LogP contribution >= 0.6 is 22.9 Å². The van der Waals surface area contributed by atoms with Crippen LogP contribution in [0.15, 0.2) is 18.6 Å². The molecule has 2 aromatic heterocycles. The number of nitrogens with zero attached hydrogens (tertiary/aromatic N) is 4. The fourth-order valence-electron chi connectivity index (χ4n) is 2.63. The molecule has 3 rings (SSSR count). The van der Waals surface area contributed by atoms with E-state index in [0.29, 0.717) is 10.9 Å². The number of amides is 1. The molecule has 0 bridgehead atoms. The van der Waals surface area contributed by atoms with Gasteiger partial charge in [-0.05, 0) is 19.8 Å². The maximum Gasteiger partial charge on any atom is 0.244 e. The number of carbonyl (C=O) groups is 1. The average molecular weight is 325 g/mol. The molecule has 2 aromatic rings. The van der Waals surface area contributed by atoms with Crippen molar-refractivity contribution in [2.24, 2.45) is 0 Å². The molecule has 112 valence electrons. The van der Waals surface area contributed by atoms with Crippen LogP contribution in [0.25, 0.3) is 0 Å². The summed E-state index contributed by atoms with van der Waals surface area (Å²) in [6.45, 7) is 3.88. The molecular formula is C14H17ClN4OS. The van der Waals surface area contributed by atoms with E-state index in [0.717, 1.165) is 30.9 Å². The zero-order valence-corrected chi connectivity index (χ0v) is 13.4. The van der Waals surface area contributed by atoms with Gasteiger partial charge >= 0.3 is 0 Å². The lowest BCUT2D eigenvalue weighted by atomic mass is 9.99. The first-order chi connectivity index (χ1) is 10.1. The molecule has 7 heteroatoms. The Morgan fingerprint density at radius 2 is 2.38 bits per heavy atom. The van der Waals surface area contributed by atoms with Crippen LogP contribution in [0.4, 0.5) is 0 Å². The second kappa shape index (κ2) is 6.15. The highest BCUT2D eigenvalue weighted by Gasteiger charge is 2.26. The Labute approximate surface area is 132 Å². The third-order valence-electron chi connectivity index (χ3n) is 3.66. The molecule has 3 heterocycles.